The number of likely N-dealkylation sites (tertiary alicyclic amines) is 1. The second-order valence-electron chi connectivity index (χ2n) is 8.12. The highest BCUT2D eigenvalue weighted by Crippen LogP contribution is 2.48. The third-order valence-corrected chi connectivity index (χ3v) is 6.86. The second kappa shape index (κ2) is 6.17. The van der Waals surface area contributed by atoms with Gasteiger partial charge < -0.3 is 14.4 Å². The third-order valence-electron chi connectivity index (χ3n) is 6.86. The number of piperidine rings is 3. The lowest BCUT2D eigenvalue weighted by molar-refractivity contribution is -0.00360. The molecule has 4 saturated heterocycles. The number of hydrogen-bond acceptors (Lipinski definition) is 6. The van der Waals surface area contributed by atoms with Crippen LogP contribution in [0.3, 0.4) is 0 Å². The summed E-state index contributed by atoms with van der Waals surface area (Å²) in [7, 11) is 0. The summed E-state index contributed by atoms with van der Waals surface area (Å²) in [4.78, 5) is 26.3. The number of ether oxygens (including phenoxy) is 2. The van der Waals surface area contributed by atoms with Crippen LogP contribution >= 0.6 is 0 Å². The summed E-state index contributed by atoms with van der Waals surface area (Å²) in [5.41, 5.74) is 1.66. The van der Waals surface area contributed by atoms with Crippen LogP contribution < -0.4 is 9.47 Å². The van der Waals surface area contributed by atoms with Gasteiger partial charge in [0.2, 0.25) is 6.79 Å². The number of aromatic nitrogens is 2. The molecule has 7 rings (SSSR count). The van der Waals surface area contributed by atoms with E-state index in [1.165, 1.54) is 18.4 Å². The molecule has 3 atom stereocenters. The molecule has 0 radical (unpaired) electrons. The van der Waals surface area contributed by atoms with Gasteiger partial charge in [-0.2, -0.15) is 0 Å². The van der Waals surface area contributed by atoms with Crippen molar-refractivity contribution < 1.29 is 14.3 Å². The fraction of sp³-hybridized carbons (Fsp3) is 0.476. The van der Waals surface area contributed by atoms with Crippen LogP contribution in [-0.4, -0.2) is 64.2 Å². The number of fused-ring (bicyclic) bond motifs is 3. The molecule has 1 aromatic carbocycles. The van der Waals surface area contributed by atoms with Crippen molar-refractivity contribution in [2.75, 3.05) is 26.4 Å². The Morgan fingerprint density at radius 2 is 1.93 bits per heavy atom. The van der Waals surface area contributed by atoms with Gasteiger partial charge in [0.25, 0.3) is 5.91 Å². The van der Waals surface area contributed by atoms with Gasteiger partial charge in [0.15, 0.2) is 11.5 Å². The van der Waals surface area contributed by atoms with Gasteiger partial charge >= 0.3 is 0 Å². The maximum atomic E-state index is 13.3. The number of hydrogen-bond donors (Lipinski definition) is 0. The number of rotatable bonds is 2. The molecule has 0 saturated carbocycles. The van der Waals surface area contributed by atoms with Crippen LogP contribution in [0, 0.1) is 5.92 Å². The molecule has 4 fully saturated rings. The molecule has 2 bridgehead atoms. The predicted molar refractivity (Wildman–Crippen MR) is 100 cm³/mol. The van der Waals surface area contributed by atoms with Gasteiger partial charge in [-0.1, -0.05) is 6.07 Å². The van der Waals surface area contributed by atoms with Gasteiger partial charge in [0.05, 0.1) is 12.2 Å². The zero-order chi connectivity index (χ0) is 18.7. The second-order valence-corrected chi connectivity index (χ2v) is 8.12. The van der Waals surface area contributed by atoms with E-state index in [1.54, 1.807) is 18.6 Å². The van der Waals surface area contributed by atoms with Crippen LogP contribution in [0.15, 0.2) is 36.8 Å². The zero-order valence-corrected chi connectivity index (χ0v) is 15.5. The van der Waals surface area contributed by atoms with Crippen molar-refractivity contribution in [2.24, 2.45) is 5.92 Å². The summed E-state index contributed by atoms with van der Waals surface area (Å²) in [6.45, 7) is 3.23. The Morgan fingerprint density at radius 1 is 1.07 bits per heavy atom. The van der Waals surface area contributed by atoms with Crippen LogP contribution in [0.25, 0.3) is 0 Å². The first-order valence-corrected chi connectivity index (χ1v) is 10.0. The van der Waals surface area contributed by atoms with E-state index in [0.717, 1.165) is 24.6 Å². The predicted octanol–water partition coefficient (Wildman–Crippen LogP) is 1.91. The maximum absolute atomic E-state index is 13.3. The minimum atomic E-state index is 0.0000864. The molecule has 5 aliphatic heterocycles. The van der Waals surface area contributed by atoms with Gasteiger partial charge in [0.1, 0.15) is 5.69 Å². The zero-order valence-electron chi connectivity index (χ0n) is 15.5. The molecular weight excluding hydrogens is 356 g/mol. The van der Waals surface area contributed by atoms with Crippen molar-refractivity contribution in [1.29, 1.82) is 0 Å². The topological polar surface area (TPSA) is 67.8 Å². The molecule has 0 unspecified atom stereocenters. The SMILES string of the molecule is O=C(c1cnccn1)N1C[C@H](c2ccc3c(c2)OCO3)[C@H]2[C@@H]1C1CCN2CC1. The van der Waals surface area contributed by atoms with Crippen molar-refractivity contribution in [1.82, 2.24) is 19.8 Å². The molecule has 1 amide bonds. The summed E-state index contributed by atoms with van der Waals surface area (Å²) in [5, 5.41) is 0. The molecule has 2 aromatic rings. The van der Waals surface area contributed by atoms with Gasteiger partial charge in [-0.05, 0) is 49.5 Å². The minimum absolute atomic E-state index is 0.0000864. The standard InChI is InChI=1S/C21H22N4O3/c26-21(16-10-22-5-6-23-16)25-11-15(14-1-2-17-18(9-14)28-12-27-17)20-19(25)13-3-7-24(20)8-4-13/h1-2,5-6,9-10,13,15,19-20H,3-4,7-8,11-12H2/t15-,19+,20+/m1/s1. The Morgan fingerprint density at radius 3 is 2.75 bits per heavy atom. The first kappa shape index (κ1) is 16.3. The van der Waals surface area contributed by atoms with Crippen LogP contribution in [0.2, 0.25) is 0 Å². The number of carbonyl (C=O) groups excluding carboxylic acids is 1. The average Bonchev–Trinajstić information content (AvgIpc) is 3.40. The molecule has 1 aromatic heterocycles. The molecule has 7 nitrogen and oxygen atoms in total. The Bertz CT molecular complexity index is 913. The minimum Gasteiger partial charge on any atom is -0.454 e. The van der Waals surface area contributed by atoms with E-state index in [1.807, 2.05) is 6.07 Å². The Balaban J connectivity index is 1.39. The monoisotopic (exact) mass is 378 g/mol. The molecule has 28 heavy (non-hydrogen) atoms. The van der Waals surface area contributed by atoms with Gasteiger partial charge in [-0.15, -0.1) is 0 Å². The van der Waals surface area contributed by atoms with E-state index >= 15 is 0 Å². The van der Waals surface area contributed by atoms with Gasteiger partial charge in [-0.25, -0.2) is 4.98 Å². The van der Waals surface area contributed by atoms with Gasteiger partial charge in [-0.3, -0.25) is 14.7 Å². The number of nitrogens with zero attached hydrogens (tertiary/aromatic N) is 4. The Kier molecular flexibility index (Phi) is 3.59. The van der Waals surface area contributed by atoms with E-state index in [2.05, 4.69) is 31.9 Å². The summed E-state index contributed by atoms with van der Waals surface area (Å²) in [6.07, 6.45) is 7.10. The Hall–Kier alpha value is -2.67. The summed E-state index contributed by atoms with van der Waals surface area (Å²) in [5.74, 6) is 2.44. The first-order valence-electron chi connectivity index (χ1n) is 10.0. The number of amides is 1. The molecule has 0 aliphatic carbocycles. The van der Waals surface area contributed by atoms with Crippen molar-refractivity contribution in [3.8, 4) is 11.5 Å². The summed E-state index contributed by atoms with van der Waals surface area (Å²) < 4.78 is 11.1. The van der Waals surface area contributed by atoms with Gasteiger partial charge in [0, 0.05) is 30.9 Å². The Labute approximate surface area is 163 Å². The number of carbonyl (C=O) groups is 1. The molecule has 0 N–H and O–H groups in total. The lowest BCUT2D eigenvalue weighted by atomic mass is 9.75. The molecule has 144 valence electrons. The van der Waals surface area contributed by atoms with Crippen molar-refractivity contribution >= 4 is 5.91 Å². The average molecular weight is 378 g/mol. The third kappa shape index (κ3) is 2.35. The highest BCUT2D eigenvalue weighted by atomic mass is 16.7. The van der Waals surface area contributed by atoms with Crippen LogP contribution in [-0.2, 0) is 0 Å². The lowest BCUT2D eigenvalue weighted by Crippen LogP contribution is -2.60. The van der Waals surface area contributed by atoms with Crippen LogP contribution in [0.5, 0.6) is 11.5 Å². The molecule has 7 heteroatoms. The van der Waals surface area contributed by atoms with Crippen LogP contribution in [0.1, 0.15) is 34.8 Å². The fourth-order valence-electron chi connectivity index (χ4n) is 5.65. The smallest absolute Gasteiger partial charge is 0.274 e. The molecular formula is C21H22N4O3. The van der Waals surface area contributed by atoms with E-state index in [4.69, 9.17) is 9.47 Å². The first-order chi connectivity index (χ1) is 13.8. The molecule has 5 aliphatic rings. The highest BCUT2D eigenvalue weighted by Gasteiger charge is 2.55. The van der Waals surface area contributed by atoms with E-state index < -0.39 is 0 Å². The lowest BCUT2D eigenvalue weighted by Gasteiger charge is -2.51. The van der Waals surface area contributed by atoms with E-state index in [0.29, 0.717) is 24.2 Å². The quantitative estimate of drug-likeness (QED) is 0.795. The van der Waals surface area contributed by atoms with E-state index in [9.17, 15) is 4.79 Å². The summed E-state index contributed by atoms with van der Waals surface area (Å²) in [6, 6.07) is 6.83. The summed E-state index contributed by atoms with van der Waals surface area (Å²) >= 11 is 0. The fourth-order valence-corrected chi connectivity index (χ4v) is 5.65. The van der Waals surface area contributed by atoms with Crippen molar-refractivity contribution in [3.05, 3.63) is 48.0 Å². The maximum Gasteiger partial charge on any atom is 0.274 e. The molecule has 0 spiro atoms. The van der Waals surface area contributed by atoms with Crippen LogP contribution in [0.4, 0.5) is 0 Å². The van der Waals surface area contributed by atoms with E-state index in [-0.39, 0.29) is 24.7 Å². The normalized spacial score (nSPS) is 32.4. The molecule has 6 heterocycles. The van der Waals surface area contributed by atoms with Crippen molar-refractivity contribution in [3.63, 3.8) is 0 Å². The highest BCUT2D eigenvalue weighted by molar-refractivity contribution is 5.92. The largest absolute Gasteiger partial charge is 0.454 e. The number of benzene rings is 1. The van der Waals surface area contributed by atoms with Crippen molar-refractivity contribution in [2.45, 2.75) is 30.8 Å².